The number of hydrogen-bond donors (Lipinski definition) is 2. The van der Waals surface area contributed by atoms with E-state index in [1.54, 1.807) is 13.1 Å². The molecule has 7 nitrogen and oxygen atoms in total. The highest BCUT2D eigenvalue weighted by Gasteiger charge is 2.15. The fraction of sp³-hybridized carbons (Fsp3) is 0.417. The Morgan fingerprint density at radius 2 is 1.97 bits per heavy atom. The molecular formula is C24H31N3O4. The molecule has 2 N–H and O–H groups in total. The molecule has 0 radical (unpaired) electrons. The summed E-state index contributed by atoms with van der Waals surface area (Å²) in [6.45, 7) is 3.77. The van der Waals surface area contributed by atoms with Gasteiger partial charge in [-0.15, -0.1) is 0 Å². The Labute approximate surface area is 183 Å². The van der Waals surface area contributed by atoms with E-state index in [2.05, 4.69) is 15.6 Å². The number of carbonyl (C=O) groups excluding carboxylic acids is 1. The average Bonchev–Trinajstić information content (AvgIpc) is 3.33. The van der Waals surface area contributed by atoms with Gasteiger partial charge in [-0.25, -0.2) is 4.79 Å². The van der Waals surface area contributed by atoms with Crippen molar-refractivity contribution in [3.05, 3.63) is 71.3 Å². The summed E-state index contributed by atoms with van der Waals surface area (Å²) in [6.07, 6.45) is 2.11. The van der Waals surface area contributed by atoms with Gasteiger partial charge in [-0.05, 0) is 36.1 Å². The Balaban J connectivity index is 1.38. The highest BCUT2D eigenvalue weighted by Crippen LogP contribution is 2.10. The van der Waals surface area contributed by atoms with Crippen LogP contribution >= 0.6 is 0 Å². The van der Waals surface area contributed by atoms with Gasteiger partial charge in [0, 0.05) is 33.4 Å². The van der Waals surface area contributed by atoms with Gasteiger partial charge in [0.1, 0.15) is 6.61 Å². The Hall–Kier alpha value is -2.90. The molecule has 3 rings (SSSR count). The van der Waals surface area contributed by atoms with Crippen LogP contribution in [0.1, 0.15) is 34.3 Å². The smallest absolute Gasteiger partial charge is 0.338 e. The van der Waals surface area contributed by atoms with E-state index >= 15 is 0 Å². The maximum atomic E-state index is 12.4. The third-order valence-electron chi connectivity index (χ3n) is 4.91. The Kier molecular flexibility index (Phi) is 9.34. The van der Waals surface area contributed by atoms with Gasteiger partial charge < -0.3 is 24.8 Å². The largest absolute Gasteiger partial charge is 0.457 e. The molecule has 1 aliphatic rings. The van der Waals surface area contributed by atoms with Crippen molar-refractivity contribution in [2.24, 2.45) is 4.99 Å². The lowest BCUT2D eigenvalue weighted by atomic mass is 10.1. The van der Waals surface area contributed by atoms with Crippen LogP contribution in [0.4, 0.5) is 0 Å². The number of benzene rings is 2. The standard InChI is InChI=1S/C24H31N3O4/c1-25-24(26-12-6-13-30-22-11-14-29-18-22)27-16-20-9-5-10-21(15-20)23(28)31-17-19-7-3-2-4-8-19/h2-5,7-10,15,22H,6,11-14,16-18H2,1H3,(H2,25,26,27). The molecule has 31 heavy (non-hydrogen) atoms. The summed E-state index contributed by atoms with van der Waals surface area (Å²) in [5, 5.41) is 6.54. The highest BCUT2D eigenvalue weighted by atomic mass is 16.5. The van der Waals surface area contributed by atoms with Gasteiger partial charge in [0.15, 0.2) is 5.96 Å². The molecule has 1 unspecified atom stereocenters. The normalized spacial score (nSPS) is 16.2. The second-order valence-electron chi connectivity index (χ2n) is 7.32. The van der Waals surface area contributed by atoms with Gasteiger partial charge in [0.05, 0.1) is 18.3 Å². The van der Waals surface area contributed by atoms with Gasteiger partial charge in [-0.2, -0.15) is 0 Å². The molecule has 0 bridgehead atoms. The van der Waals surface area contributed by atoms with Crippen molar-refractivity contribution in [1.29, 1.82) is 0 Å². The van der Waals surface area contributed by atoms with E-state index in [0.29, 0.717) is 31.3 Å². The van der Waals surface area contributed by atoms with Crippen molar-refractivity contribution in [3.8, 4) is 0 Å². The zero-order valence-electron chi connectivity index (χ0n) is 18.0. The minimum Gasteiger partial charge on any atom is -0.457 e. The molecule has 1 heterocycles. The van der Waals surface area contributed by atoms with Crippen molar-refractivity contribution < 1.29 is 19.0 Å². The van der Waals surface area contributed by atoms with Crippen LogP contribution in [0.2, 0.25) is 0 Å². The minimum atomic E-state index is -0.333. The van der Waals surface area contributed by atoms with Crippen LogP contribution < -0.4 is 10.6 Å². The molecule has 1 fully saturated rings. The van der Waals surface area contributed by atoms with E-state index in [1.807, 2.05) is 48.5 Å². The first kappa shape index (κ1) is 22.8. The molecule has 0 amide bonds. The molecule has 0 aromatic heterocycles. The third kappa shape index (κ3) is 8.03. The SMILES string of the molecule is CN=C(NCCCOC1CCOC1)NCc1cccc(C(=O)OCc2ccccc2)c1. The number of nitrogens with zero attached hydrogens (tertiary/aromatic N) is 1. The first-order valence-corrected chi connectivity index (χ1v) is 10.7. The van der Waals surface area contributed by atoms with Crippen LogP contribution in [-0.2, 0) is 27.4 Å². The van der Waals surface area contributed by atoms with Gasteiger partial charge >= 0.3 is 5.97 Å². The summed E-state index contributed by atoms with van der Waals surface area (Å²) in [6, 6.07) is 17.1. The lowest BCUT2D eigenvalue weighted by Gasteiger charge is -2.13. The minimum absolute atomic E-state index is 0.240. The summed E-state index contributed by atoms with van der Waals surface area (Å²) in [5.41, 5.74) is 2.47. The van der Waals surface area contributed by atoms with E-state index in [4.69, 9.17) is 14.2 Å². The monoisotopic (exact) mass is 425 g/mol. The fourth-order valence-electron chi connectivity index (χ4n) is 3.19. The van der Waals surface area contributed by atoms with Gasteiger partial charge in [-0.3, -0.25) is 4.99 Å². The van der Waals surface area contributed by atoms with Crippen molar-refractivity contribution in [3.63, 3.8) is 0 Å². The first-order chi connectivity index (χ1) is 15.2. The fourth-order valence-corrected chi connectivity index (χ4v) is 3.19. The molecule has 1 saturated heterocycles. The maximum absolute atomic E-state index is 12.4. The average molecular weight is 426 g/mol. The van der Waals surface area contributed by atoms with Crippen LogP contribution in [0.15, 0.2) is 59.6 Å². The highest BCUT2D eigenvalue weighted by molar-refractivity contribution is 5.89. The second-order valence-corrected chi connectivity index (χ2v) is 7.32. The zero-order valence-corrected chi connectivity index (χ0v) is 18.0. The molecule has 7 heteroatoms. The van der Waals surface area contributed by atoms with Crippen molar-refractivity contribution in [1.82, 2.24) is 10.6 Å². The van der Waals surface area contributed by atoms with Crippen LogP contribution in [-0.4, -0.2) is 51.4 Å². The molecule has 0 aliphatic carbocycles. The number of aliphatic imine (C=N–C) groups is 1. The molecule has 2 aromatic rings. The van der Waals surface area contributed by atoms with Crippen molar-refractivity contribution in [2.75, 3.05) is 33.4 Å². The van der Waals surface area contributed by atoms with Crippen LogP contribution in [0.25, 0.3) is 0 Å². The lowest BCUT2D eigenvalue weighted by molar-refractivity contribution is 0.0419. The Bertz CT molecular complexity index is 836. The number of esters is 1. The third-order valence-corrected chi connectivity index (χ3v) is 4.91. The van der Waals surface area contributed by atoms with Crippen LogP contribution in [0.5, 0.6) is 0 Å². The maximum Gasteiger partial charge on any atom is 0.338 e. The number of ether oxygens (including phenoxy) is 3. The number of rotatable bonds is 10. The summed E-state index contributed by atoms with van der Waals surface area (Å²) in [5.74, 6) is 0.377. The van der Waals surface area contributed by atoms with Crippen molar-refractivity contribution in [2.45, 2.75) is 32.1 Å². The Morgan fingerprint density at radius 1 is 1.13 bits per heavy atom. The number of nitrogens with one attached hydrogen (secondary N) is 2. The predicted octanol–water partition coefficient (Wildman–Crippen LogP) is 2.90. The summed E-state index contributed by atoms with van der Waals surface area (Å²) in [7, 11) is 1.74. The molecule has 1 atom stereocenters. The summed E-state index contributed by atoms with van der Waals surface area (Å²) >= 11 is 0. The first-order valence-electron chi connectivity index (χ1n) is 10.7. The van der Waals surface area contributed by atoms with Crippen LogP contribution in [0, 0.1) is 0 Å². The van der Waals surface area contributed by atoms with Gasteiger partial charge in [0.25, 0.3) is 0 Å². The molecule has 166 valence electrons. The Morgan fingerprint density at radius 3 is 2.74 bits per heavy atom. The molecule has 2 aromatic carbocycles. The summed E-state index contributed by atoms with van der Waals surface area (Å²) < 4.78 is 16.5. The van der Waals surface area contributed by atoms with Gasteiger partial charge in [0.2, 0.25) is 0 Å². The topological polar surface area (TPSA) is 81.2 Å². The van der Waals surface area contributed by atoms with Crippen LogP contribution in [0.3, 0.4) is 0 Å². The van der Waals surface area contributed by atoms with E-state index < -0.39 is 0 Å². The predicted molar refractivity (Wildman–Crippen MR) is 120 cm³/mol. The number of carbonyl (C=O) groups is 1. The lowest BCUT2D eigenvalue weighted by Crippen LogP contribution is -2.37. The quantitative estimate of drug-likeness (QED) is 0.264. The number of hydrogen-bond acceptors (Lipinski definition) is 5. The van der Waals surface area contributed by atoms with E-state index in [0.717, 1.165) is 37.1 Å². The van der Waals surface area contributed by atoms with E-state index in [9.17, 15) is 4.79 Å². The number of guanidine groups is 1. The summed E-state index contributed by atoms with van der Waals surface area (Å²) in [4.78, 5) is 16.6. The van der Waals surface area contributed by atoms with E-state index in [1.165, 1.54) is 0 Å². The molecule has 0 spiro atoms. The molecular weight excluding hydrogens is 394 g/mol. The zero-order chi connectivity index (χ0) is 21.7. The van der Waals surface area contributed by atoms with Crippen molar-refractivity contribution >= 4 is 11.9 Å². The van der Waals surface area contributed by atoms with Gasteiger partial charge in [-0.1, -0.05) is 42.5 Å². The van der Waals surface area contributed by atoms with E-state index in [-0.39, 0.29) is 18.7 Å². The molecule has 1 aliphatic heterocycles. The molecule has 0 saturated carbocycles. The second kappa shape index (κ2) is 12.7.